The van der Waals surface area contributed by atoms with Crippen molar-refractivity contribution in [1.29, 1.82) is 0 Å². The largest absolute Gasteiger partial charge is 0.480 e. The fourth-order valence-corrected chi connectivity index (χ4v) is 2.33. The molecule has 1 aromatic carbocycles. The van der Waals surface area contributed by atoms with E-state index in [1.54, 1.807) is 0 Å². The summed E-state index contributed by atoms with van der Waals surface area (Å²) in [6, 6.07) is 9.23. The first-order valence-electron chi connectivity index (χ1n) is 6.34. The lowest BCUT2D eigenvalue weighted by Crippen LogP contribution is -2.29. The Balaban J connectivity index is 1.90. The molecule has 2 amide bonds. The molecule has 2 rings (SSSR count). The maximum Gasteiger partial charge on any atom is 0.322 e. The molecule has 1 heterocycles. The van der Waals surface area contributed by atoms with E-state index >= 15 is 0 Å². The smallest absolute Gasteiger partial charge is 0.322 e. The molecule has 0 saturated carbocycles. The van der Waals surface area contributed by atoms with E-state index < -0.39 is 18.4 Å². The van der Waals surface area contributed by atoms with Gasteiger partial charge in [0.05, 0.1) is 6.42 Å². The number of hydrogen-bond donors (Lipinski definition) is 3. The van der Waals surface area contributed by atoms with E-state index in [0.717, 1.165) is 16.9 Å². The first kappa shape index (κ1) is 15.6. The molecule has 0 atom stereocenters. The lowest BCUT2D eigenvalue weighted by Gasteiger charge is -2.01. The summed E-state index contributed by atoms with van der Waals surface area (Å²) in [5, 5.41) is 15.0. The molecule has 3 N–H and O–H groups in total. The number of thiazole rings is 1. The number of carboxylic acids is 1. The number of rotatable bonds is 6. The number of aliphatic carboxylic acids is 1. The van der Waals surface area contributed by atoms with Crippen molar-refractivity contribution >= 4 is 34.3 Å². The highest BCUT2D eigenvalue weighted by Gasteiger charge is 2.13. The molecule has 0 spiro atoms. The summed E-state index contributed by atoms with van der Waals surface area (Å²) < 4.78 is 0. The van der Waals surface area contributed by atoms with Gasteiger partial charge in [-0.3, -0.25) is 14.4 Å². The van der Waals surface area contributed by atoms with Gasteiger partial charge >= 0.3 is 5.97 Å². The molecule has 0 aliphatic rings. The molecule has 0 fully saturated rings. The van der Waals surface area contributed by atoms with Crippen LogP contribution in [0.2, 0.25) is 0 Å². The standard InChI is InChI=1S/C14H13N3O4S/c18-11(6-9-4-2-1-3-5-9)17-14-16-10(8-22-14)13(21)15-7-12(19)20/h1-5,8H,6-7H2,(H,15,21)(H,19,20)(H,16,17,18). The summed E-state index contributed by atoms with van der Waals surface area (Å²) in [5.41, 5.74) is 0.942. The number of carboxylic acid groups (broad SMARTS) is 1. The highest BCUT2D eigenvalue weighted by molar-refractivity contribution is 7.14. The van der Waals surface area contributed by atoms with Crippen LogP contribution in [0.3, 0.4) is 0 Å². The maximum atomic E-state index is 11.9. The zero-order valence-electron chi connectivity index (χ0n) is 11.4. The Kier molecular flexibility index (Phi) is 5.21. The molecular weight excluding hydrogens is 306 g/mol. The number of hydrogen-bond acceptors (Lipinski definition) is 5. The Morgan fingerprint density at radius 1 is 1.18 bits per heavy atom. The fourth-order valence-electron chi connectivity index (χ4n) is 1.63. The van der Waals surface area contributed by atoms with E-state index in [2.05, 4.69) is 15.6 Å². The molecule has 2 aromatic rings. The molecule has 0 saturated heterocycles. The lowest BCUT2D eigenvalue weighted by atomic mass is 10.1. The fraction of sp³-hybridized carbons (Fsp3) is 0.143. The van der Waals surface area contributed by atoms with Gasteiger partial charge in [-0.05, 0) is 5.56 Å². The van der Waals surface area contributed by atoms with Gasteiger partial charge in [0.25, 0.3) is 5.91 Å². The molecule has 114 valence electrons. The molecule has 0 radical (unpaired) electrons. The van der Waals surface area contributed by atoms with Crippen LogP contribution < -0.4 is 10.6 Å². The van der Waals surface area contributed by atoms with Gasteiger partial charge < -0.3 is 15.7 Å². The molecule has 0 bridgehead atoms. The number of nitrogens with zero attached hydrogens (tertiary/aromatic N) is 1. The molecule has 0 unspecified atom stereocenters. The minimum atomic E-state index is -1.14. The third-order valence-corrected chi connectivity index (χ3v) is 3.35. The van der Waals surface area contributed by atoms with Crippen molar-refractivity contribution in [2.24, 2.45) is 0 Å². The molecular formula is C14H13N3O4S. The van der Waals surface area contributed by atoms with Crippen LogP contribution in [-0.4, -0.2) is 34.4 Å². The van der Waals surface area contributed by atoms with Crippen LogP contribution in [-0.2, 0) is 16.0 Å². The van der Waals surface area contributed by atoms with Gasteiger partial charge in [-0.1, -0.05) is 30.3 Å². The predicted octanol–water partition coefficient (Wildman–Crippen LogP) is 1.14. The molecule has 1 aromatic heterocycles. The van der Waals surface area contributed by atoms with Crippen molar-refractivity contribution in [2.45, 2.75) is 6.42 Å². The number of carbonyl (C=O) groups excluding carboxylic acids is 2. The number of carbonyl (C=O) groups is 3. The average Bonchev–Trinajstić information content (AvgIpc) is 2.94. The third kappa shape index (κ3) is 4.67. The van der Waals surface area contributed by atoms with Crippen LogP contribution in [0.25, 0.3) is 0 Å². The topological polar surface area (TPSA) is 108 Å². The number of nitrogens with one attached hydrogen (secondary N) is 2. The van der Waals surface area contributed by atoms with Crippen molar-refractivity contribution in [3.8, 4) is 0 Å². The Labute approximate surface area is 130 Å². The molecule has 0 aliphatic carbocycles. The summed E-state index contributed by atoms with van der Waals surface area (Å²) in [6.07, 6.45) is 0.209. The maximum absolute atomic E-state index is 11.9. The van der Waals surface area contributed by atoms with Crippen LogP contribution >= 0.6 is 11.3 Å². The van der Waals surface area contributed by atoms with E-state index in [9.17, 15) is 14.4 Å². The van der Waals surface area contributed by atoms with Crippen molar-refractivity contribution in [1.82, 2.24) is 10.3 Å². The minimum absolute atomic E-state index is 0.0706. The van der Waals surface area contributed by atoms with Gasteiger partial charge in [-0.15, -0.1) is 11.3 Å². The normalized spacial score (nSPS) is 10.0. The molecule has 22 heavy (non-hydrogen) atoms. The number of aromatic nitrogens is 1. The van der Waals surface area contributed by atoms with Crippen LogP contribution in [0.5, 0.6) is 0 Å². The summed E-state index contributed by atoms with van der Waals surface area (Å²) in [4.78, 5) is 37.8. The first-order chi connectivity index (χ1) is 10.5. The van der Waals surface area contributed by atoms with Crippen molar-refractivity contribution in [3.05, 3.63) is 47.0 Å². The van der Waals surface area contributed by atoms with Gasteiger partial charge in [-0.25, -0.2) is 4.98 Å². The quantitative estimate of drug-likeness (QED) is 0.740. The van der Waals surface area contributed by atoms with E-state index in [-0.39, 0.29) is 18.0 Å². The molecule has 7 nitrogen and oxygen atoms in total. The van der Waals surface area contributed by atoms with E-state index in [1.807, 2.05) is 30.3 Å². The van der Waals surface area contributed by atoms with Crippen LogP contribution in [0.15, 0.2) is 35.7 Å². The average molecular weight is 319 g/mol. The minimum Gasteiger partial charge on any atom is -0.480 e. The Bertz CT molecular complexity index is 684. The van der Waals surface area contributed by atoms with Crippen LogP contribution in [0.4, 0.5) is 5.13 Å². The second-order valence-electron chi connectivity index (χ2n) is 4.32. The van der Waals surface area contributed by atoms with Crippen molar-refractivity contribution in [2.75, 3.05) is 11.9 Å². The zero-order valence-corrected chi connectivity index (χ0v) is 12.2. The number of amides is 2. The number of benzene rings is 1. The van der Waals surface area contributed by atoms with Gasteiger partial charge in [0, 0.05) is 5.38 Å². The molecule has 8 heteroatoms. The van der Waals surface area contributed by atoms with Gasteiger partial charge in [0.2, 0.25) is 5.91 Å². The number of anilines is 1. The Morgan fingerprint density at radius 2 is 1.91 bits per heavy atom. The van der Waals surface area contributed by atoms with E-state index in [1.165, 1.54) is 5.38 Å². The highest BCUT2D eigenvalue weighted by atomic mass is 32.1. The SMILES string of the molecule is O=C(O)CNC(=O)c1csc(NC(=O)Cc2ccccc2)n1. The summed E-state index contributed by atoms with van der Waals surface area (Å²) in [6.45, 7) is -0.480. The Hall–Kier alpha value is -2.74. The second kappa shape index (κ2) is 7.32. The van der Waals surface area contributed by atoms with Gasteiger partial charge in [0.1, 0.15) is 12.2 Å². The van der Waals surface area contributed by atoms with E-state index in [4.69, 9.17) is 5.11 Å². The predicted molar refractivity (Wildman–Crippen MR) is 80.9 cm³/mol. The zero-order chi connectivity index (χ0) is 15.9. The molecule has 0 aliphatic heterocycles. The van der Waals surface area contributed by atoms with Crippen LogP contribution in [0.1, 0.15) is 16.1 Å². The summed E-state index contributed by atoms with van der Waals surface area (Å²) in [5.74, 6) is -1.97. The van der Waals surface area contributed by atoms with Crippen molar-refractivity contribution in [3.63, 3.8) is 0 Å². The second-order valence-corrected chi connectivity index (χ2v) is 5.18. The third-order valence-electron chi connectivity index (χ3n) is 2.59. The monoisotopic (exact) mass is 319 g/mol. The van der Waals surface area contributed by atoms with Crippen LogP contribution in [0, 0.1) is 0 Å². The van der Waals surface area contributed by atoms with Gasteiger partial charge in [-0.2, -0.15) is 0 Å². The van der Waals surface area contributed by atoms with Gasteiger partial charge in [0.15, 0.2) is 5.13 Å². The Morgan fingerprint density at radius 3 is 2.59 bits per heavy atom. The summed E-state index contributed by atoms with van der Waals surface area (Å²) >= 11 is 1.10. The summed E-state index contributed by atoms with van der Waals surface area (Å²) in [7, 11) is 0. The first-order valence-corrected chi connectivity index (χ1v) is 7.22. The lowest BCUT2D eigenvalue weighted by molar-refractivity contribution is -0.135. The van der Waals surface area contributed by atoms with Crippen molar-refractivity contribution < 1.29 is 19.5 Å². The highest BCUT2D eigenvalue weighted by Crippen LogP contribution is 2.15. The van der Waals surface area contributed by atoms with E-state index in [0.29, 0.717) is 5.13 Å².